The number of aromatic nitrogens is 2. The van der Waals surface area contributed by atoms with E-state index in [4.69, 9.17) is 4.74 Å². The maximum atomic E-state index is 9.43. The van der Waals surface area contributed by atoms with Gasteiger partial charge in [-0.2, -0.15) is 11.8 Å². The average molecular weight is 304 g/mol. The van der Waals surface area contributed by atoms with Crippen LogP contribution in [0.15, 0.2) is 42.7 Å². The molecular formula is C16H20N2O2S. The molecule has 3 rings (SSSR count). The van der Waals surface area contributed by atoms with Crippen molar-refractivity contribution < 1.29 is 9.84 Å². The van der Waals surface area contributed by atoms with E-state index >= 15 is 0 Å². The highest BCUT2D eigenvalue weighted by molar-refractivity contribution is 7.98. The summed E-state index contributed by atoms with van der Waals surface area (Å²) < 4.78 is 7.41. The van der Waals surface area contributed by atoms with Crippen molar-refractivity contribution in [2.45, 2.75) is 12.3 Å². The van der Waals surface area contributed by atoms with Gasteiger partial charge in [-0.05, 0) is 5.56 Å². The Morgan fingerprint density at radius 1 is 1.29 bits per heavy atom. The van der Waals surface area contributed by atoms with Crippen LogP contribution in [0.25, 0.3) is 0 Å². The van der Waals surface area contributed by atoms with Gasteiger partial charge >= 0.3 is 0 Å². The molecule has 0 saturated carbocycles. The first-order valence-corrected chi connectivity index (χ1v) is 8.27. The second kappa shape index (κ2) is 6.64. The summed E-state index contributed by atoms with van der Waals surface area (Å²) in [5.74, 6) is 2.86. The van der Waals surface area contributed by atoms with E-state index < -0.39 is 0 Å². The number of ether oxygens (including phenoxy) is 1. The van der Waals surface area contributed by atoms with Gasteiger partial charge in [-0.1, -0.05) is 30.3 Å². The quantitative estimate of drug-likeness (QED) is 0.851. The molecule has 0 aliphatic carbocycles. The lowest BCUT2D eigenvalue weighted by Crippen LogP contribution is -2.47. The van der Waals surface area contributed by atoms with E-state index in [0.717, 1.165) is 23.9 Å². The molecule has 0 atom stereocenters. The zero-order chi connectivity index (χ0) is 14.5. The fourth-order valence-electron chi connectivity index (χ4n) is 2.37. The Morgan fingerprint density at radius 3 is 2.76 bits per heavy atom. The smallest absolute Gasteiger partial charge is 0.118 e. The third-order valence-corrected chi connectivity index (χ3v) is 5.07. The second-order valence-corrected chi connectivity index (χ2v) is 6.59. The standard InChI is InChI=1S/C16H20N2O2S/c19-10-16(11-20-12-16)13-21-9-15-17-6-7-18(15)8-14-4-2-1-3-5-14/h1-7,19H,8-13H2. The minimum Gasteiger partial charge on any atom is -0.396 e. The monoisotopic (exact) mass is 304 g/mol. The molecule has 4 nitrogen and oxygen atoms in total. The topological polar surface area (TPSA) is 47.3 Å². The molecule has 1 saturated heterocycles. The lowest BCUT2D eigenvalue weighted by molar-refractivity contribution is -0.121. The lowest BCUT2D eigenvalue weighted by Gasteiger charge is -2.39. The predicted molar refractivity (Wildman–Crippen MR) is 84.3 cm³/mol. The molecule has 112 valence electrons. The number of aliphatic hydroxyl groups is 1. The number of hydrogen-bond donors (Lipinski definition) is 1. The third kappa shape index (κ3) is 3.48. The average Bonchev–Trinajstić information content (AvgIpc) is 2.90. The summed E-state index contributed by atoms with van der Waals surface area (Å²) in [6.45, 7) is 2.41. The highest BCUT2D eigenvalue weighted by Gasteiger charge is 2.37. The van der Waals surface area contributed by atoms with Crippen LogP contribution in [-0.4, -0.2) is 40.2 Å². The van der Waals surface area contributed by atoms with Crippen molar-refractivity contribution in [3.05, 3.63) is 54.1 Å². The second-order valence-electron chi connectivity index (χ2n) is 5.60. The molecule has 1 fully saturated rings. The molecule has 2 heterocycles. The van der Waals surface area contributed by atoms with Crippen LogP contribution in [0.3, 0.4) is 0 Å². The predicted octanol–water partition coefficient (Wildman–Crippen LogP) is 2.17. The Labute approximate surface area is 129 Å². The van der Waals surface area contributed by atoms with Gasteiger partial charge in [-0.3, -0.25) is 0 Å². The first kappa shape index (κ1) is 14.6. The van der Waals surface area contributed by atoms with Crippen molar-refractivity contribution in [3.8, 4) is 0 Å². The van der Waals surface area contributed by atoms with Crippen LogP contribution in [0.5, 0.6) is 0 Å². The molecule has 0 bridgehead atoms. The van der Waals surface area contributed by atoms with Gasteiger partial charge in [-0.25, -0.2) is 4.98 Å². The maximum Gasteiger partial charge on any atom is 0.118 e. The summed E-state index contributed by atoms with van der Waals surface area (Å²) in [5, 5.41) is 9.43. The molecular weight excluding hydrogens is 284 g/mol. The van der Waals surface area contributed by atoms with E-state index in [1.807, 2.05) is 30.2 Å². The van der Waals surface area contributed by atoms with Gasteiger partial charge in [0.05, 0.1) is 25.6 Å². The van der Waals surface area contributed by atoms with Gasteiger partial charge in [0.15, 0.2) is 0 Å². The maximum absolute atomic E-state index is 9.43. The zero-order valence-corrected chi connectivity index (χ0v) is 12.8. The first-order chi connectivity index (χ1) is 10.3. The zero-order valence-electron chi connectivity index (χ0n) is 11.9. The van der Waals surface area contributed by atoms with Crippen molar-refractivity contribution in [1.29, 1.82) is 0 Å². The Hall–Kier alpha value is -1.30. The first-order valence-electron chi connectivity index (χ1n) is 7.12. The third-order valence-electron chi connectivity index (χ3n) is 3.79. The molecule has 0 spiro atoms. The Morgan fingerprint density at radius 2 is 2.10 bits per heavy atom. The molecule has 1 aliphatic heterocycles. The highest BCUT2D eigenvalue weighted by Crippen LogP contribution is 2.32. The number of benzene rings is 1. The molecule has 1 aromatic carbocycles. The number of nitrogens with zero attached hydrogens (tertiary/aromatic N) is 2. The largest absolute Gasteiger partial charge is 0.396 e. The summed E-state index contributed by atoms with van der Waals surface area (Å²) in [5.41, 5.74) is 1.25. The molecule has 0 amide bonds. The van der Waals surface area contributed by atoms with E-state index in [2.05, 4.69) is 33.8 Å². The van der Waals surface area contributed by atoms with Gasteiger partial charge in [0.2, 0.25) is 0 Å². The lowest BCUT2D eigenvalue weighted by atomic mass is 9.90. The number of thioether (sulfide) groups is 1. The summed E-state index contributed by atoms with van der Waals surface area (Å²) in [6, 6.07) is 10.4. The van der Waals surface area contributed by atoms with E-state index in [1.165, 1.54) is 5.56 Å². The van der Waals surface area contributed by atoms with Crippen molar-refractivity contribution in [2.75, 3.05) is 25.6 Å². The fraction of sp³-hybridized carbons (Fsp3) is 0.438. The van der Waals surface area contributed by atoms with Gasteiger partial charge in [0, 0.05) is 30.1 Å². The molecule has 1 aliphatic rings. The van der Waals surface area contributed by atoms with Crippen LogP contribution < -0.4 is 0 Å². The van der Waals surface area contributed by atoms with E-state index in [1.54, 1.807) is 0 Å². The number of hydrogen-bond acceptors (Lipinski definition) is 4. The minimum absolute atomic E-state index is 0.0263. The molecule has 5 heteroatoms. The van der Waals surface area contributed by atoms with Crippen molar-refractivity contribution in [2.24, 2.45) is 5.41 Å². The van der Waals surface area contributed by atoms with Crippen LogP contribution in [0.4, 0.5) is 0 Å². The molecule has 1 N–H and O–H groups in total. The van der Waals surface area contributed by atoms with Gasteiger partial charge in [-0.15, -0.1) is 0 Å². The number of rotatable bonds is 7. The number of imidazole rings is 1. The van der Waals surface area contributed by atoms with Crippen LogP contribution in [-0.2, 0) is 17.0 Å². The summed E-state index contributed by atoms with van der Waals surface area (Å²) in [7, 11) is 0. The van der Waals surface area contributed by atoms with Gasteiger partial charge in [0.25, 0.3) is 0 Å². The van der Waals surface area contributed by atoms with E-state index in [-0.39, 0.29) is 12.0 Å². The molecule has 2 aromatic rings. The van der Waals surface area contributed by atoms with E-state index in [0.29, 0.717) is 13.2 Å². The van der Waals surface area contributed by atoms with Gasteiger partial charge in [0.1, 0.15) is 5.82 Å². The highest BCUT2D eigenvalue weighted by atomic mass is 32.2. The van der Waals surface area contributed by atoms with Crippen LogP contribution in [0.2, 0.25) is 0 Å². The van der Waals surface area contributed by atoms with Crippen molar-refractivity contribution in [3.63, 3.8) is 0 Å². The van der Waals surface area contributed by atoms with Crippen molar-refractivity contribution >= 4 is 11.8 Å². The van der Waals surface area contributed by atoms with Crippen LogP contribution in [0.1, 0.15) is 11.4 Å². The molecule has 0 unspecified atom stereocenters. The normalized spacial score (nSPS) is 16.6. The Bertz CT molecular complexity index is 561. The molecule has 0 radical (unpaired) electrons. The Kier molecular flexibility index (Phi) is 4.63. The SMILES string of the molecule is OCC1(CSCc2nccn2Cc2ccccc2)COC1. The summed E-state index contributed by atoms with van der Waals surface area (Å²) in [4.78, 5) is 4.45. The molecule has 1 aromatic heterocycles. The van der Waals surface area contributed by atoms with E-state index in [9.17, 15) is 5.11 Å². The summed E-state index contributed by atoms with van der Waals surface area (Å²) in [6.07, 6.45) is 3.88. The number of aliphatic hydroxyl groups excluding tert-OH is 1. The molecule has 21 heavy (non-hydrogen) atoms. The summed E-state index contributed by atoms with van der Waals surface area (Å²) >= 11 is 1.82. The van der Waals surface area contributed by atoms with Crippen molar-refractivity contribution in [1.82, 2.24) is 9.55 Å². The fourth-order valence-corrected chi connectivity index (χ4v) is 3.59. The van der Waals surface area contributed by atoms with Crippen LogP contribution in [0, 0.1) is 5.41 Å². The minimum atomic E-state index is -0.0263. The Balaban J connectivity index is 1.56. The van der Waals surface area contributed by atoms with Gasteiger partial charge < -0.3 is 14.4 Å². The van der Waals surface area contributed by atoms with Crippen LogP contribution >= 0.6 is 11.8 Å².